The third-order valence-corrected chi connectivity index (χ3v) is 6.84. The van der Waals surface area contributed by atoms with Crippen LogP contribution in [0.4, 0.5) is 5.69 Å². The molecule has 0 bridgehead atoms. The molecule has 2 aliphatic rings. The summed E-state index contributed by atoms with van der Waals surface area (Å²) in [6, 6.07) is 5.00. The van der Waals surface area contributed by atoms with Crippen LogP contribution in [0.3, 0.4) is 0 Å². The van der Waals surface area contributed by atoms with Crippen LogP contribution >= 0.6 is 0 Å². The Balaban J connectivity index is 1.67. The number of amides is 1. The fourth-order valence-corrected chi connectivity index (χ4v) is 4.95. The van der Waals surface area contributed by atoms with E-state index >= 15 is 0 Å². The van der Waals surface area contributed by atoms with E-state index in [0.29, 0.717) is 56.8 Å². The molecule has 0 aliphatic carbocycles. The molecule has 26 heavy (non-hydrogen) atoms. The Kier molecular flexibility index (Phi) is 6.29. The van der Waals surface area contributed by atoms with E-state index in [-0.39, 0.29) is 12.0 Å². The Morgan fingerprint density at radius 1 is 1.23 bits per heavy atom. The van der Waals surface area contributed by atoms with Gasteiger partial charge in [0, 0.05) is 31.8 Å². The molecule has 1 fully saturated rings. The van der Waals surface area contributed by atoms with Crippen molar-refractivity contribution in [1.29, 1.82) is 0 Å². The molecule has 3 rings (SSSR count). The topological polar surface area (TPSA) is 102 Å². The average Bonchev–Trinajstić information content (AvgIpc) is 2.82. The molecule has 0 aromatic heterocycles. The molecule has 144 valence electrons. The van der Waals surface area contributed by atoms with E-state index in [1.54, 1.807) is 18.2 Å². The number of anilines is 1. The largest absolute Gasteiger partial charge is 0.378 e. The molecule has 7 nitrogen and oxygen atoms in total. The second-order valence-electron chi connectivity index (χ2n) is 6.84. The Bertz CT molecular complexity index is 743. The van der Waals surface area contributed by atoms with E-state index in [0.717, 1.165) is 24.1 Å². The lowest BCUT2D eigenvalue weighted by atomic mass is 10.1. The summed E-state index contributed by atoms with van der Waals surface area (Å²) in [6.07, 6.45) is 4.23. The summed E-state index contributed by atoms with van der Waals surface area (Å²) in [7, 11) is -3.52. The van der Waals surface area contributed by atoms with Crippen LogP contribution in [0.25, 0.3) is 0 Å². The van der Waals surface area contributed by atoms with Gasteiger partial charge in [0.1, 0.15) is 0 Å². The lowest BCUT2D eigenvalue weighted by Crippen LogP contribution is -2.41. The number of rotatable bonds is 6. The minimum atomic E-state index is -3.52. The smallest absolute Gasteiger partial charge is 0.243 e. The van der Waals surface area contributed by atoms with Crippen molar-refractivity contribution in [2.75, 3.05) is 31.6 Å². The van der Waals surface area contributed by atoms with Gasteiger partial charge in [-0.1, -0.05) is 0 Å². The van der Waals surface area contributed by atoms with Gasteiger partial charge in [0.2, 0.25) is 15.9 Å². The number of carbonyl (C=O) groups excluding carboxylic acids is 1. The van der Waals surface area contributed by atoms with Gasteiger partial charge in [0.05, 0.1) is 11.0 Å². The molecule has 8 heteroatoms. The number of nitrogens with one attached hydrogen (secondary N) is 1. The average molecular weight is 381 g/mol. The van der Waals surface area contributed by atoms with Crippen molar-refractivity contribution in [3.05, 3.63) is 23.8 Å². The van der Waals surface area contributed by atoms with Crippen LogP contribution in [0.2, 0.25) is 0 Å². The van der Waals surface area contributed by atoms with E-state index in [4.69, 9.17) is 10.5 Å². The predicted octanol–water partition coefficient (Wildman–Crippen LogP) is 1.48. The zero-order valence-electron chi connectivity index (χ0n) is 14.9. The van der Waals surface area contributed by atoms with Crippen molar-refractivity contribution in [3.8, 4) is 0 Å². The van der Waals surface area contributed by atoms with Crippen LogP contribution in [-0.2, 0) is 26.0 Å². The molecule has 1 saturated heterocycles. The first-order valence-corrected chi connectivity index (χ1v) is 10.7. The fourth-order valence-electron chi connectivity index (χ4n) is 3.43. The van der Waals surface area contributed by atoms with Gasteiger partial charge in [-0.05, 0) is 62.4 Å². The van der Waals surface area contributed by atoms with Crippen molar-refractivity contribution in [2.24, 2.45) is 5.73 Å². The molecule has 0 spiro atoms. The van der Waals surface area contributed by atoms with E-state index in [1.165, 1.54) is 4.31 Å². The summed E-state index contributed by atoms with van der Waals surface area (Å²) in [4.78, 5) is 11.9. The second-order valence-corrected chi connectivity index (χ2v) is 8.78. The first kappa shape index (κ1) is 19.3. The molecule has 1 aromatic carbocycles. The molecule has 0 saturated carbocycles. The number of carbonyl (C=O) groups is 1. The summed E-state index contributed by atoms with van der Waals surface area (Å²) in [6.45, 7) is 2.16. The number of sulfonamides is 1. The van der Waals surface area contributed by atoms with Gasteiger partial charge in [-0.2, -0.15) is 4.31 Å². The number of hydrogen-bond donors (Lipinski definition) is 2. The number of benzene rings is 1. The summed E-state index contributed by atoms with van der Waals surface area (Å²) in [5, 5.41) is 2.84. The molecule has 0 radical (unpaired) electrons. The van der Waals surface area contributed by atoms with Crippen molar-refractivity contribution in [3.63, 3.8) is 0 Å². The number of nitrogens with two attached hydrogens (primary N) is 1. The van der Waals surface area contributed by atoms with Gasteiger partial charge in [0.25, 0.3) is 0 Å². The molecular formula is C18H27N3O4S. The maximum Gasteiger partial charge on any atom is 0.243 e. The Labute approximate surface area is 154 Å². The summed E-state index contributed by atoms with van der Waals surface area (Å²) >= 11 is 0. The highest BCUT2D eigenvalue weighted by Crippen LogP contribution is 2.28. The highest BCUT2D eigenvalue weighted by Gasteiger charge is 2.30. The number of ether oxygens (including phenoxy) is 1. The van der Waals surface area contributed by atoms with Crippen LogP contribution < -0.4 is 11.1 Å². The quantitative estimate of drug-likeness (QED) is 0.727. The SMILES string of the molecule is NCCCOC1CCN(S(=O)(=O)c2ccc3c(c2)CCCC(=O)N3)CC1. The normalized spacial score (nSPS) is 19.7. The third kappa shape index (κ3) is 4.43. The van der Waals surface area contributed by atoms with Gasteiger partial charge in [-0.15, -0.1) is 0 Å². The van der Waals surface area contributed by atoms with Crippen molar-refractivity contribution in [1.82, 2.24) is 4.31 Å². The minimum Gasteiger partial charge on any atom is -0.378 e. The maximum absolute atomic E-state index is 13.0. The zero-order chi connectivity index (χ0) is 18.6. The number of hydrogen-bond acceptors (Lipinski definition) is 5. The van der Waals surface area contributed by atoms with Crippen LogP contribution in [0.1, 0.15) is 37.7 Å². The van der Waals surface area contributed by atoms with Gasteiger partial charge in [0.15, 0.2) is 0 Å². The molecule has 1 aromatic rings. The molecule has 0 unspecified atom stereocenters. The number of nitrogens with zero attached hydrogens (tertiary/aromatic N) is 1. The number of fused-ring (bicyclic) bond motifs is 1. The summed E-state index contributed by atoms with van der Waals surface area (Å²) in [5.41, 5.74) is 7.07. The van der Waals surface area contributed by atoms with Crippen LogP contribution in [0, 0.1) is 0 Å². The molecule has 1 amide bonds. The molecular weight excluding hydrogens is 354 g/mol. The second kappa shape index (κ2) is 8.47. The first-order chi connectivity index (χ1) is 12.5. The van der Waals surface area contributed by atoms with E-state index in [9.17, 15) is 13.2 Å². The Hall–Kier alpha value is -1.48. The predicted molar refractivity (Wildman–Crippen MR) is 99.4 cm³/mol. The first-order valence-electron chi connectivity index (χ1n) is 9.25. The molecule has 3 N–H and O–H groups in total. The van der Waals surface area contributed by atoms with Gasteiger partial charge in [-0.25, -0.2) is 8.42 Å². The standard InChI is InChI=1S/C18H27N3O4S/c19-9-2-12-25-15-7-10-21(11-8-15)26(23,24)16-5-6-17-14(13-16)3-1-4-18(22)20-17/h5-6,13,15H,1-4,7-12,19H2,(H,20,22). The monoisotopic (exact) mass is 381 g/mol. The molecule has 2 heterocycles. The van der Waals surface area contributed by atoms with Crippen LogP contribution in [0.5, 0.6) is 0 Å². The highest BCUT2D eigenvalue weighted by atomic mass is 32.2. The van der Waals surface area contributed by atoms with Gasteiger partial charge >= 0.3 is 0 Å². The van der Waals surface area contributed by atoms with Crippen molar-refractivity contribution in [2.45, 2.75) is 49.5 Å². The van der Waals surface area contributed by atoms with E-state index in [2.05, 4.69) is 5.32 Å². The maximum atomic E-state index is 13.0. The Morgan fingerprint density at radius 3 is 2.73 bits per heavy atom. The van der Waals surface area contributed by atoms with Crippen molar-refractivity contribution >= 4 is 21.6 Å². The number of piperidine rings is 1. The molecule has 2 aliphatic heterocycles. The van der Waals surface area contributed by atoms with Gasteiger partial charge < -0.3 is 15.8 Å². The zero-order valence-corrected chi connectivity index (χ0v) is 15.8. The van der Waals surface area contributed by atoms with E-state index in [1.807, 2.05) is 0 Å². The van der Waals surface area contributed by atoms with Crippen LogP contribution in [0.15, 0.2) is 23.1 Å². The fraction of sp³-hybridized carbons (Fsp3) is 0.611. The molecule has 0 atom stereocenters. The lowest BCUT2D eigenvalue weighted by Gasteiger charge is -2.31. The minimum absolute atomic E-state index is 0.0175. The van der Waals surface area contributed by atoms with Gasteiger partial charge in [-0.3, -0.25) is 4.79 Å². The number of aryl methyl sites for hydroxylation is 1. The van der Waals surface area contributed by atoms with Crippen molar-refractivity contribution < 1.29 is 17.9 Å². The highest BCUT2D eigenvalue weighted by molar-refractivity contribution is 7.89. The summed E-state index contributed by atoms with van der Waals surface area (Å²) in [5.74, 6) is -0.0175. The Morgan fingerprint density at radius 2 is 2.00 bits per heavy atom. The van der Waals surface area contributed by atoms with Crippen LogP contribution in [-0.4, -0.2) is 51.0 Å². The summed E-state index contributed by atoms with van der Waals surface area (Å²) < 4.78 is 33.2. The lowest BCUT2D eigenvalue weighted by molar-refractivity contribution is -0.116. The van der Waals surface area contributed by atoms with E-state index < -0.39 is 10.0 Å². The third-order valence-electron chi connectivity index (χ3n) is 4.94.